The van der Waals surface area contributed by atoms with Gasteiger partial charge in [-0.05, 0) is 18.9 Å². The summed E-state index contributed by atoms with van der Waals surface area (Å²) in [6.45, 7) is 4.05. The van der Waals surface area contributed by atoms with Crippen LogP contribution in [0.5, 0.6) is 0 Å². The standard InChI is InChI=1S/C11H13N2.ClH.Mg/c1-3-11(4-2,9-12)10-7-5-6-8-13-10;;/h5,7-8H,3-4H2,1-2H3;1H;/q;;+1/p-1. The Hall–Kier alpha value is -0.304. The number of nitriles is 1. The lowest BCUT2D eigenvalue weighted by Crippen LogP contribution is -2.24. The van der Waals surface area contributed by atoms with Crippen LogP contribution in [0.15, 0.2) is 18.3 Å². The van der Waals surface area contributed by atoms with Gasteiger partial charge in [-0.3, -0.25) is 4.98 Å². The fourth-order valence-corrected chi connectivity index (χ4v) is 2.46. The molecule has 0 aliphatic heterocycles. The zero-order valence-corrected chi connectivity index (χ0v) is 11.3. The van der Waals surface area contributed by atoms with Crippen molar-refractivity contribution in [2.75, 3.05) is 0 Å². The van der Waals surface area contributed by atoms with Gasteiger partial charge in [0, 0.05) is 6.20 Å². The number of aromatic nitrogens is 1. The molecule has 0 N–H and O–H groups in total. The first-order valence-corrected chi connectivity index (χ1v) is 7.99. The van der Waals surface area contributed by atoms with E-state index in [1.807, 2.05) is 32.2 Å². The third kappa shape index (κ3) is 2.63. The van der Waals surface area contributed by atoms with Crippen molar-refractivity contribution in [2.45, 2.75) is 32.1 Å². The van der Waals surface area contributed by atoms with E-state index >= 15 is 0 Å². The van der Waals surface area contributed by atoms with Crippen molar-refractivity contribution < 1.29 is 0 Å². The van der Waals surface area contributed by atoms with Gasteiger partial charge in [0.1, 0.15) is 0 Å². The lowest BCUT2D eigenvalue weighted by molar-refractivity contribution is 0.496. The van der Waals surface area contributed by atoms with Crippen molar-refractivity contribution in [3.05, 3.63) is 24.0 Å². The predicted octanol–water partition coefficient (Wildman–Crippen LogP) is 2.15. The molecule has 1 rings (SSSR count). The van der Waals surface area contributed by atoms with Crippen molar-refractivity contribution in [1.29, 1.82) is 5.26 Å². The molecule has 0 aliphatic carbocycles. The fraction of sp³-hybridized carbons (Fsp3) is 0.455. The summed E-state index contributed by atoms with van der Waals surface area (Å²) in [5.74, 6) is 0. The summed E-state index contributed by atoms with van der Waals surface area (Å²) in [6, 6.07) is 6.33. The molecule has 0 amide bonds. The second-order valence-electron chi connectivity index (χ2n) is 3.59. The van der Waals surface area contributed by atoms with Crippen molar-refractivity contribution in [2.24, 2.45) is 0 Å². The number of nitrogens with zero attached hydrogens (tertiary/aromatic N) is 2. The Bertz CT molecular complexity index is 352. The highest BCUT2D eigenvalue weighted by Crippen LogP contribution is 2.28. The number of hydrogen-bond donors (Lipinski definition) is 0. The molecular formula is C11H13ClMgN2. The van der Waals surface area contributed by atoms with Gasteiger partial charge in [0.2, 0.25) is 0 Å². The van der Waals surface area contributed by atoms with Crippen molar-refractivity contribution >= 4 is 32.0 Å². The molecule has 1 aromatic heterocycles. The van der Waals surface area contributed by atoms with E-state index in [2.05, 4.69) is 11.1 Å². The molecule has 0 aliphatic rings. The van der Waals surface area contributed by atoms with Gasteiger partial charge < -0.3 is 9.07 Å². The molecule has 0 saturated carbocycles. The Kier molecular flexibility index (Phi) is 4.84. The summed E-state index contributed by atoms with van der Waals surface area (Å²) in [5, 5.41) is 9.25. The van der Waals surface area contributed by atoms with Crippen LogP contribution in [0.1, 0.15) is 32.4 Å². The first-order chi connectivity index (χ1) is 7.22. The quantitative estimate of drug-likeness (QED) is 0.747. The van der Waals surface area contributed by atoms with Crippen LogP contribution in [0.4, 0.5) is 0 Å². The van der Waals surface area contributed by atoms with E-state index in [-0.39, 0.29) is 0 Å². The van der Waals surface area contributed by atoms with E-state index in [0.29, 0.717) is 0 Å². The number of halogens is 1. The van der Waals surface area contributed by atoms with Gasteiger partial charge in [-0.15, -0.1) is 3.69 Å². The molecule has 0 unspecified atom stereocenters. The third-order valence-corrected chi connectivity index (χ3v) is 4.54. The van der Waals surface area contributed by atoms with Crippen LogP contribution in [0, 0.1) is 11.3 Å². The molecule has 0 atom stereocenters. The largest absolute Gasteiger partial charge is 0.540 e. The van der Waals surface area contributed by atoms with Crippen LogP contribution >= 0.6 is 9.07 Å². The molecule has 1 aromatic rings. The monoisotopic (exact) mass is 232 g/mol. The zero-order chi connectivity index (χ0) is 11.3. The molecule has 4 heteroatoms. The molecular weight excluding hydrogens is 220 g/mol. The molecule has 15 heavy (non-hydrogen) atoms. The first-order valence-electron chi connectivity index (χ1n) is 5.15. The van der Waals surface area contributed by atoms with E-state index in [0.717, 1.165) is 22.2 Å². The second kappa shape index (κ2) is 5.69. The van der Waals surface area contributed by atoms with E-state index < -0.39 is 24.7 Å². The Morgan fingerprint density at radius 3 is 2.47 bits per heavy atom. The van der Waals surface area contributed by atoms with Crippen LogP contribution < -0.4 is 3.69 Å². The van der Waals surface area contributed by atoms with Crippen molar-refractivity contribution in [1.82, 2.24) is 4.98 Å². The van der Waals surface area contributed by atoms with Crippen LogP contribution in [0.2, 0.25) is 0 Å². The van der Waals surface area contributed by atoms with Crippen LogP contribution in [-0.4, -0.2) is 24.2 Å². The summed E-state index contributed by atoms with van der Waals surface area (Å²) in [7, 11) is 5.83. The first kappa shape index (κ1) is 12.8. The van der Waals surface area contributed by atoms with E-state index in [4.69, 9.17) is 9.07 Å². The summed E-state index contributed by atoms with van der Waals surface area (Å²) in [5.41, 5.74) is 0.449. The average Bonchev–Trinajstić information content (AvgIpc) is 2.33. The Balaban J connectivity index is 3.08. The van der Waals surface area contributed by atoms with Crippen LogP contribution in [0.25, 0.3) is 0 Å². The van der Waals surface area contributed by atoms with Gasteiger partial charge in [-0.2, -0.15) is 5.26 Å². The maximum Gasteiger partial charge on any atom is 0.540 e. The molecule has 0 saturated heterocycles. The summed E-state index contributed by atoms with van der Waals surface area (Å²) >= 11 is -0.661. The zero-order valence-electron chi connectivity index (χ0n) is 9.13. The molecule has 0 spiro atoms. The van der Waals surface area contributed by atoms with Gasteiger partial charge in [0.25, 0.3) is 0 Å². The van der Waals surface area contributed by atoms with Gasteiger partial charge in [0.15, 0.2) is 0 Å². The van der Waals surface area contributed by atoms with E-state index in [1.54, 1.807) is 0 Å². The lowest BCUT2D eigenvalue weighted by Gasteiger charge is -2.22. The minimum atomic E-state index is -0.661. The van der Waals surface area contributed by atoms with Crippen LogP contribution in [0.3, 0.4) is 0 Å². The number of hydrogen-bond acceptors (Lipinski definition) is 2. The van der Waals surface area contributed by atoms with Gasteiger partial charge in [-0.25, -0.2) is 0 Å². The Morgan fingerprint density at radius 1 is 1.47 bits per heavy atom. The molecule has 1 heterocycles. The van der Waals surface area contributed by atoms with E-state index in [1.165, 1.54) is 0 Å². The van der Waals surface area contributed by atoms with Gasteiger partial charge in [-0.1, -0.05) is 19.9 Å². The molecule has 0 bridgehead atoms. The maximum atomic E-state index is 9.25. The molecule has 0 aromatic carbocycles. The smallest absolute Gasteiger partial charge is 0.336 e. The highest BCUT2D eigenvalue weighted by atomic mass is 35.5. The second-order valence-corrected chi connectivity index (χ2v) is 5.47. The lowest BCUT2D eigenvalue weighted by atomic mass is 9.80. The predicted molar refractivity (Wildman–Crippen MR) is 63.4 cm³/mol. The summed E-state index contributed by atoms with van der Waals surface area (Å²) < 4.78 is 1.12. The summed E-state index contributed by atoms with van der Waals surface area (Å²) in [6.07, 6.45) is 3.40. The molecule has 2 nitrogen and oxygen atoms in total. The third-order valence-electron chi connectivity index (χ3n) is 2.89. The van der Waals surface area contributed by atoms with Crippen LogP contribution in [-0.2, 0) is 5.41 Å². The molecule has 76 valence electrons. The SMILES string of the molecule is CCC(C#N)(CC)c1cc[c]([Mg][Cl])cn1. The van der Waals surface area contributed by atoms with Gasteiger partial charge >= 0.3 is 19.3 Å². The minimum absolute atomic E-state index is 0.424. The fourth-order valence-electron chi connectivity index (χ4n) is 1.61. The maximum absolute atomic E-state index is 9.25. The Morgan fingerprint density at radius 2 is 2.13 bits per heavy atom. The Labute approximate surface area is 104 Å². The van der Waals surface area contributed by atoms with Gasteiger partial charge in [0.05, 0.1) is 17.2 Å². The highest BCUT2D eigenvalue weighted by molar-refractivity contribution is 7.01. The normalized spacial score (nSPS) is 10.5. The van der Waals surface area contributed by atoms with Crippen molar-refractivity contribution in [3.63, 3.8) is 0 Å². The average molecular weight is 233 g/mol. The topological polar surface area (TPSA) is 36.7 Å². The van der Waals surface area contributed by atoms with Crippen molar-refractivity contribution in [3.8, 4) is 6.07 Å². The summed E-state index contributed by atoms with van der Waals surface area (Å²) in [4.78, 5) is 4.36. The molecule has 0 radical (unpaired) electrons. The molecule has 0 fully saturated rings. The minimum Gasteiger partial charge on any atom is -0.336 e. The van der Waals surface area contributed by atoms with E-state index in [9.17, 15) is 5.26 Å². The number of rotatable bonds is 4. The highest BCUT2D eigenvalue weighted by Gasteiger charge is 2.29. The number of pyridine rings is 1.